The van der Waals surface area contributed by atoms with Crippen molar-refractivity contribution in [3.05, 3.63) is 78.9 Å². The summed E-state index contributed by atoms with van der Waals surface area (Å²) < 4.78 is 1.88. The molecule has 0 saturated carbocycles. The molecule has 0 aliphatic carbocycles. The Hall–Kier alpha value is -4.46. The number of carbonyl (C=O) groups excluding carboxylic acids is 3. The van der Waals surface area contributed by atoms with E-state index in [4.69, 9.17) is 0 Å². The van der Waals surface area contributed by atoms with Gasteiger partial charge in [-0.15, -0.1) is 0 Å². The summed E-state index contributed by atoms with van der Waals surface area (Å²) in [4.78, 5) is 43.6. The highest BCUT2D eigenvalue weighted by atomic mass is 16.2. The summed E-state index contributed by atoms with van der Waals surface area (Å²) in [6.45, 7) is -0.0682. The molecule has 5 rings (SSSR count). The zero-order valence-electron chi connectivity index (χ0n) is 17.7. The highest BCUT2D eigenvalue weighted by Gasteiger charge is 2.26. The normalized spacial score (nSPS) is 12.8. The minimum Gasteiger partial charge on any atom is -0.323 e. The van der Waals surface area contributed by atoms with Gasteiger partial charge >= 0.3 is 0 Å². The van der Waals surface area contributed by atoms with E-state index in [0.717, 1.165) is 16.7 Å². The smallest absolute Gasteiger partial charge is 0.244 e. The van der Waals surface area contributed by atoms with E-state index in [1.54, 1.807) is 24.3 Å². The van der Waals surface area contributed by atoms with Crippen molar-refractivity contribution in [1.29, 1.82) is 0 Å². The lowest BCUT2D eigenvalue weighted by molar-refractivity contribution is -0.124. The van der Waals surface area contributed by atoms with Crippen molar-refractivity contribution in [2.24, 2.45) is 0 Å². The van der Waals surface area contributed by atoms with Gasteiger partial charge < -0.3 is 10.2 Å². The zero-order chi connectivity index (χ0) is 22.8. The number of imidazole rings is 1. The predicted molar refractivity (Wildman–Crippen MR) is 126 cm³/mol. The molecular formula is C25H21N5O3. The first kappa shape index (κ1) is 20.4. The first-order valence-electron chi connectivity index (χ1n) is 10.6. The van der Waals surface area contributed by atoms with Crippen LogP contribution < -0.4 is 15.5 Å². The summed E-state index contributed by atoms with van der Waals surface area (Å²) in [5.74, 6) is -0.486. The van der Waals surface area contributed by atoms with Gasteiger partial charge in [-0.25, -0.2) is 4.98 Å². The molecule has 2 N–H and O–H groups in total. The lowest BCUT2D eigenvalue weighted by atomic mass is 10.1. The van der Waals surface area contributed by atoms with E-state index >= 15 is 0 Å². The van der Waals surface area contributed by atoms with Crippen LogP contribution in [0.5, 0.6) is 0 Å². The first-order valence-corrected chi connectivity index (χ1v) is 10.6. The Morgan fingerprint density at radius 3 is 2.48 bits per heavy atom. The molecular weight excluding hydrogens is 418 g/mol. The van der Waals surface area contributed by atoms with Crippen molar-refractivity contribution in [2.45, 2.75) is 12.8 Å². The third-order valence-corrected chi connectivity index (χ3v) is 5.46. The minimum atomic E-state index is -0.328. The lowest BCUT2D eigenvalue weighted by Crippen LogP contribution is -2.42. The molecule has 1 aromatic heterocycles. The van der Waals surface area contributed by atoms with E-state index in [1.807, 2.05) is 59.2 Å². The first-order chi connectivity index (χ1) is 16.1. The summed E-state index contributed by atoms with van der Waals surface area (Å²) in [6, 6.07) is 24.4. The molecule has 3 aromatic carbocycles. The molecule has 0 radical (unpaired) electrons. The molecule has 1 aliphatic rings. The van der Waals surface area contributed by atoms with Gasteiger partial charge in [0.15, 0.2) is 0 Å². The molecule has 0 saturated heterocycles. The van der Waals surface area contributed by atoms with Crippen LogP contribution in [0.2, 0.25) is 0 Å². The molecule has 0 spiro atoms. The zero-order valence-corrected chi connectivity index (χ0v) is 17.7. The standard InChI is InChI=1S/C25H21N5O3/c31-22(14-15-24(33)29-16-23(32)26-18-10-4-6-12-20(18)29)28-25-27-19-11-5-7-13-21(19)30(25)17-8-2-1-3-9-17/h1-13H,14-16H2,(H,26,32)(H,27,28,31). The third-order valence-electron chi connectivity index (χ3n) is 5.46. The van der Waals surface area contributed by atoms with Gasteiger partial charge in [-0.1, -0.05) is 42.5 Å². The molecule has 8 heteroatoms. The molecule has 0 atom stereocenters. The summed E-state index contributed by atoms with van der Waals surface area (Å²) in [6.07, 6.45) is -0.0594. The fourth-order valence-electron chi connectivity index (χ4n) is 3.95. The van der Waals surface area contributed by atoms with Gasteiger partial charge in [-0.05, 0) is 36.4 Å². The van der Waals surface area contributed by atoms with E-state index in [-0.39, 0.29) is 37.1 Å². The number of rotatable bonds is 5. The Morgan fingerprint density at radius 2 is 1.64 bits per heavy atom. The van der Waals surface area contributed by atoms with Gasteiger partial charge in [0.25, 0.3) is 0 Å². The van der Waals surface area contributed by atoms with Crippen molar-refractivity contribution in [1.82, 2.24) is 9.55 Å². The van der Waals surface area contributed by atoms with Crippen LogP contribution in [0.25, 0.3) is 16.7 Å². The van der Waals surface area contributed by atoms with Crippen LogP contribution in [0.3, 0.4) is 0 Å². The fraction of sp³-hybridized carbons (Fsp3) is 0.120. The quantitative estimate of drug-likeness (QED) is 0.495. The number of hydrogen-bond acceptors (Lipinski definition) is 4. The number of benzene rings is 3. The molecule has 1 aliphatic heterocycles. The number of hydrogen-bond donors (Lipinski definition) is 2. The number of nitrogens with zero attached hydrogens (tertiary/aromatic N) is 3. The lowest BCUT2D eigenvalue weighted by Gasteiger charge is -2.29. The van der Waals surface area contributed by atoms with Gasteiger partial charge in [0.05, 0.1) is 22.4 Å². The summed E-state index contributed by atoms with van der Waals surface area (Å²) in [7, 11) is 0. The second kappa shape index (κ2) is 8.58. The van der Waals surface area contributed by atoms with E-state index in [0.29, 0.717) is 17.3 Å². The van der Waals surface area contributed by atoms with E-state index in [9.17, 15) is 14.4 Å². The average Bonchev–Trinajstić information content (AvgIpc) is 3.20. The maximum absolute atomic E-state index is 12.8. The minimum absolute atomic E-state index is 0.0288. The number of amides is 3. The van der Waals surface area contributed by atoms with Gasteiger partial charge in [0.2, 0.25) is 23.7 Å². The SMILES string of the molecule is O=C1CN(C(=O)CCC(=O)Nc2nc3ccccc3n2-c2ccccc2)c2ccccc2N1. The Morgan fingerprint density at radius 1 is 0.909 bits per heavy atom. The van der Waals surface area contributed by atoms with E-state index in [2.05, 4.69) is 15.6 Å². The Bertz CT molecular complexity index is 1360. The molecule has 8 nitrogen and oxygen atoms in total. The van der Waals surface area contributed by atoms with Crippen molar-refractivity contribution in [3.63, 3.8) is 0 Å². The molecule has 164 valence electrons. The summed E-state index contributed by atoms with van der Waals surface area (Å²) >= 11 is 0. The summed E-state index contributed by atoms with van der Waals surface area (Å²) in [5.41, 5.74) is 3.71. The Balaban J connectivity index is 1.33. The van der Waals surface area contributed by atoms with E-state index < -0.39 is 0 Å². The maximum atomic E-state index is 12.8. The van der Waals surface area contributed by atoms with Crippen molar-refractivity contribution >= 4 is 46.1 Å². The Labute approximate surface area is 189 Å². The maximum Gasteiger partial charge on any atom is 0.244 e. The molecule has 33 heavy (non-hydrogen) atoms. The summed E-state index contributed by atoms with van der Waals surface area (Å²) in [5, 5.41) is 5.60. The van der Waals surface area contributed by atoms with Crippen molar-refractivity contribution in [3.8, 4) is 5.69 Å². The predicted octanol–water partition coefficient (Wildman–Crippen LogP) is 3.73. The number of carbonyl (C=O) groups is 3. The van der Waals surface area contributed by atoms with Crippen LogP contribution in [0.1, 0.15) is 12.8 Å². The van der Waals surface area contributed by atoms with Crippen LogP contribution in [-0.4, -0.2) is 33.8 Å². The number of para-hydroxylation sites is 5. The van der Waals surface area contributed by atoms with Crippen LogP contribution in [0.15, 0.2) is 78.9 Å². The number of anilines is 3. The second-order valence-electron chi connectivity index (χ2n) is 7.69. The second-order valence-corrected chi connectivity index (χ2v) is 7.69. The number of aromatic nitrogens is 2. The number of nitrogens with one attached hydrogen (secondary N) is 2. The Kier molecular flexibility index (Phi) is 5.32. The molecule has 0 unspecified atom stereocenters. The average molecular weight is 439 g/mol. The van der Waals surface area contributed by atoms with Crippen molar-refractivity contribution < 1.29 is 14.4 Å². The molecule has 3 amide bonds. The van der Waals surface area contributed by atoms with Gasteiger partial charge in [0.1, 0.15) is 6.54 Å². The van der Waals surface area contributed by atoms with Crippen LogP contribution in [0, 0.1) is 0 Å². The van der Waals surface area contributed by atoms with Crippen molar-refractivity contribution in [2.75, 3.05) is 22.1 Å². The monoisotopic (exact) mass is 439 g/mol. The van der Waals surface area contributed by atoms with Gasteiger partial charge in [0, 0.05) is 18.5 Å². The fourth-order valence-corrected chi connectivity index (χ4v) is 3.95. The van der Waals surface area contributed by atoms with Crippen LogP contribution in [-0.2, 0) is 14.4 Å². The molecule has 2 heterocycles. The van der Waals surface area contributed by atoms with Crippen LogP contribution >= 0.6 is 0 Å². The molecule has 0 fully saturated rings. The molecule has 0 bridgehead atoms. The highest BCUT2D eigenvalue weighted by Crippen LogP contribution is 2.29. The highest BCUT2D eigenvalue weighted by molar-refractivity contribution is 6.10. The van der Waals surface area contributed by atoms with E-state index in [1.165, 1.54) is 4.90 Å². The molecule has 4 aromatic rings. The van der Waals surface area contributed by atoms with Crippen LogP contribution in [0.4, 0.5) is 17.3 Å². The third kappa shape index (κ3) is 4.06. The van der Waals surface area contributed by atoms with Gasteiger partial charge in [-0.2, -0.15) is 0 Å². The topological polar surface area (TPSA) is 96.3 Å². The number of fused-ring (bicyclic) bond motifs is 2. The van der Waals surface area contributed by atoms with Gasteiger partial charge in [-0.3, -0.25) is 24.3 Å². The largest absolute Gasteiger partial charge is 0.323 e.